The lowest BCUT2D eigenvalue weighted by Gasteiger charge is -2.21. The summed E-state index contributed by atoms with van der Waals surface area (Å²) in [6.07, 6.45) is 4.65. The smallest absolute Gasteiger partial charge is 0.289 e. The summed E-state index contributed by atoms with van der Waals surface area (Å²) in [6, 6.07) is 14.2. The van der Waals surface area contributed by atoms with Gasteiger partial charge in [0.1, 0.15) is 0 Å². The van der Waals surface area contributed by atoms with Crippen molar-refractivity contribution in [1.29, 1.82) is 0 Å². The van der Waals surface area contributed by atoms with Gasteiger partial charge in [-0.05, 0) is 49.1 Å². The summed E-state index contributed by atoms with van der Waals surface area (Å²) in [5.41, 5.74) is 0.565. The van der Waals surface area contributed by atoms with Crippen LogP contribution in [0.4, 0.5) is 0 Å². The molecule has 0 atom stereocenters. The average molecular weight is 475 g/mol. The Morgan fingerprint density at radius 1 is 0.938 bits per heavy atom. The lowest BCUT2D eigenvalue weighted by molar-refractivity contribution is 0.481. The molecule has 0 aliphatic heterocycles. The molecule has 3 aromatic rings. The Hall–Kier alpha value is -2.38. The SMILES string of the molecule is O=c1c2ccccc2n(Cc2cccc(Cl)c2)c(=O)n1CCCS(=O)(=O)C1CCCCC1. The van der Waals surface area contributed by atoms with Gasteiger partial charge < -0.3 is 0 Å². The van der Waals surface area contributed by atoms with Crippen molar-refractivity contribution in [2.75, 3.05) is 5.75 Å². The number of hydrogen-bond acceptors (Lipinski definition) is 4. The zero-order valence-electron chi connectivity index (χ0n) is 17.9. The third-order valence-corrected chi connectivity index (χ3v) is 8.81. The van der Waals surface area contributed by atoms with E-state index in [2.05, 4.69) is 0 Å². The first-order chi connectivity index (χ1) is 15.4. The quantitative estimate of drug-likeness (QED) is 0.518. The fourth-order valence-corrected chi connectivity index (χ4v) is 6.68. The summed E-state index contributed by atoms with van der Waals surface area (Å²) in [4.78, 5) is 26.3. The predicted octanol–water partition coefficient (Wildman–Crippen LogP) is 4.00. The van der Waals surface area contributed by atoms with E-state index in [4.69, 9.17) is 11.6 Å². The number of nitrogens with zero attached hydrogens (tertiary/aromatic N) is 2. The molecule has 1 heterocycles. The Morgan fingerprint density at radius 2 is 1.69 bits per heavy atom. The molecule has 0 unspecified atom stereocenters. The van der Waals surface area contributed by atoms with Gasteiger partial charge in [-0.25, -0.2) is 13.2 Å². The van der Waals surface area contributed by atoms with Crippen LogP contribution in [-0.4, -0.2) is 28.6 Å². The fraction of sp³-hybridized carbons (Fsp3) is 0.417. The first kappa shape index (κ1) is 22.8. The van der Waals surface area contributed by atoms with Gasteiger partial charge in [-0.3, -0.25) is 13.9 Å². The van der Waals surface area contributed by atoms with Crippen molar-refractivity contribution in [3.8, 4) is 0 Å². The summed E-state index contributed by atoms with van der Waals surface area (Å²) in [7, 11) is -3.22. The van der Waals surface area contributed by atoms with Crippen molar-refractivity contribution in [2.45, 2.75) is 56.9 Å². The van der Waals surface area contributed by atoms with Gasteiger partial charge in [-0.15, -0.1) is 0 Å². The lowest BCUT2D eigenvalue weighted by Crippen LogP contribution is -2.40. The number of sulfone groups is 1. The van der Waals surface area contributed by atoms with Crippen molar-refractivity contribution in [1.82, 2.24) is 9.13 Å². The molecule has 1 fully saturated rings. The molecule has 1 aliphatic carbocycles. The lowest BCUT2D eigenvalue weighted by atomic mass is 10.0. The molecule has 0 spiro atoms. The summed E-state index contributed by atoms with van der Waals surface area (Å²) in [5.74, 6) is -0.00926. The van der Waals surface area contributed by atoms with E-state index in [-0.39, 0.29) is 36.1 Å². The van der Waals surface area contributed by atoms with Crippen LogP contribution < -0.4 is 11.2 Å². The van der Waals surface area contributed by atoms with Gasteiger partial charge >= 0.3 is 5.69 Å². The molecule has 1 aromatic heterocycles. The second kappa shape index (κ2) is 9.63. The first-order valence-corrected chi connectivity index (χ1v) is 13.1. The average Bonchev–Trinajstić information content (AvgIpc) is 2.79. The van der Waals surface area contributed by atoms with E-state index in [1.165, 1.54) is 4.57 Å². The Balaban J connectivity index is 1.64. The molecule has 0 amide bonds. The molecule has 4 rings (SSSR count). The van der Waals surface area contributed by atoms with Crippen LogP contribution in [0.3, 0.4) is 0 Å². The number of para-hydroxylation sites is 1. The zero-order valence-corrected chi connectivity index (χ0v) is 19.4. The molecule has 1 saturated carbocycles. The molecule has 6 nitrogen and oxygen atoms in total. The molecule has 2 aromatic carbocycles. The van der Waals surface area contributed by atoms with Gasteiger partial charge in [0.05, 0.1) is 28.5 Å². The highest BCUT2D eigenvalue weighted by molar-refractivity contribution is 7.92. The van der Waals surface area contributed by atoms with Crippen LogP contribution in [0.5, 0.6) is 0 Å². The van der Waals surface area contributed by atoms with Crippen molar-refractivity contribution in [3.63, 3.8) is 0 Å². The molecule has 32 heavy (non-hydrogen) atoms. The highest BCUT2D eigenvalue weighted by atomic mass is 35.5. The second-order valence-corrected chi connectivity index (χ2v) is 11.3. The molecule has 8 heteroatoms. The minimum absolute atomic E-state index is 0.00926. The minimum atomic E-state index is -3.22. The molecular formula is C24H27ClN2O4S. The van der Waals surface area contributed by atoms with Crippen molar-refractivity contribution < 1.29 is 8.42 Å². The standard InChI is InChI=1S/C24H27ClN2O4S/c25-19-9-6-8-18(16-19)17-27-22-13-5-4-12-21(22)23(28)26(24(27)29)14-7-15-32(30,31)20-10-2-1-3-11-20/h4-6,8-9,12-13,16,20H,1-3,7,10-11,14-15,17H2. The summed E-state index contributed by atoms with van der Waals surface area (Å²) in [5, 5.41) is 0.717. The highest BCUT2D eigenvalue weighted by Crippen LogP contribution is 2.24. The Bertz CT molecular complexity index is 1340. The fourth-order valence-electron chi connectivity index (χ4n) is 4.55. The summed E-state index contributed by atoms with van der Waals surface area (Å²) in [6.45, 7) is 0.338. The van der Waals surface area contributed by atoms with Gasteiger partial charge in [0, 0.05) is 11.6 Å². The van der Waals surface area contributed by atoms with E-state index in [0.717, 1.165) is 24.8 Å². The van der Waals surface area contributed by atoms with Crippen molar-refractivity contribution in [3.05, 3.63) is 80.0 Å². The number of fused-ring (bicyclic) bond motifs is 1. The maximum Gasteiger partial charge on any atom is 0.331 e. The Kier molecular flexibility index (Phi) is 6.86. The minimum Gasteiger partial charge on any atom is -0.289 e. The van der Waals surface area contributed by atoms with Gasteiger partial charge in [-0.1, -0.05) is 55.1 Å². The van der Waals surface area contributed by atoms with Gasteiger partial charge in [-0.2, -0.15) is 0 Å². The Morgan fingerprint density at radius 3 is 2.44 bits per heavy atom. The number of hydrogen-bond donors (Lipinski definition) is 0. The van der Waals surface area contributed by atoms with E-state index in [9.17, 15) is 18.0 Å². The predicted molar refractivity (Wildman–Crippen MR) is 128 cm³/mol. The molecule has 1 aliphatic rings. The van der Waals surface area contributed by atoms with Crippen LogP contribution in [0.2, 0.25) is 5.02 Å². The topological polar surface area (TPSA) is 78.1 Å². The molecule has 0 N–H and O–H groups in total. The number of rotatable bonds is 7. The maximum atomic E-state index is 13.3. The maximum absolute atomic E-state index is 13.3. The van der Waals surface area contributed by atoms with Crippen LogP contribution in [0.25, 0.3) is 10.9 Å². The third-order valence-electron chi connectivity index (χ3n) is 6.23. The number of halogens is 1. The molecule has 0 saturated heterocycles. The second-order valence-electron chi connectivity index (χ2n) is 8.45. The summed E-state index contributed by atoms with van der Waals surface area (Å²) >= 11 is 6.10. The Labute approximate surface area is 192 Å². The van der Waals surface area contributed by atoms with Crippen LogP contribution in [0.1, 0.15) is 44.1 Å². The van der Waals surface area contributed by atoms with Crippen molar-refractivity contribution >= 4 is 32.3 Å². The zero-order chi connectivity index (χ0) is 22.7. The van der Waals surface area contributed by atoms with Crippen LogP contribution in [-0.2, 0) is 22.9 Å². The van der Waals surface area contributed by atoms with Crippen molar-refractivity contribution in [2.24, 2.45) is 0 Å². The van der Waals surface area contributed by atoms with E-state index in [1.54, 1.807) is 41.0 Å². The van der Waals surface area contributed by atoms with Gasteiger partial charge in [0.15, 0.2) is 9.84 Å². The van der Waals surface area contributed by atoms with Crippen LogP contribution in [0, 0.1) is 0 Å². The largest absolute Gasteiger partial charge is 0.331 e. The normalized spacial score (nSPS) is 15.3. The van der Waals surface area contributed by atoms with Crippen LogP contribution in [0.15, 0.2) is 58.1 Å². The summed E-state index contributed by atoms with van der Waals surface area (Å²) < 4.78 is 28.2. The molecule has 0 bridgehead atoms. The van der Waals surface area contributed by atoms with Crippen LogP contribution >= 0.6 is 11.6 Å². The molecular weight excluding hydrogens is 448 g/mol. The first-order valence-electron chi connectivity index (χ1n) is 11.1. The number of aromatic nitrogens is 2. The van der Waals surface area contributed by atoms with E-state index in [1.807, 2.05) is 12.1 Å². The molecule has 0 radical (unpaired) electrons. The monoisotopic (exact) mass is 474 g/mol. The van der Waals surface area contributed by atoms with E-state index >= 15 is 0 Å². The van der Waals surface area contributed by atoms with E-state index in [0.29, 0.717) is 28.8 Å². The highest BCUT2D eigenvalue weighted by Gasteiger charge is 2.26. The third kappa shape index (κ3) is 4.84. The molecule has 170 valence electrons. The number of benzene rings is 2. The van der Waals surface area contributed by atoms with Gasteiger partial charge in [0.25, 0.3) is 5.56 Å². The van der Waals surface area contributed by atoms with Gasteiger partial charge in [0.2, 0.25) is 0 Å². The van der Waals surface area contributed by atoms with E-state index < -0.39 is 15.5 Å².